The van der Waals surface area contributed by atoms with Crippen LogP contribution in [-0.2, 0) is 0 Å². The van der Waals surface area contributed by atoms with Crippen LogP contribution in [0.2, 0.25) is 0 Å². The summed E-state index contributed by atoms with van der Waals surface area (Å²) >= 11 is 0. The topological polar surface area (TPSA) is 15.3 Å². The van der Waals surface area contributed by atoms with Gasteiger partial charge < -0.3 is 10.2 Å². The van der Waals surface area contributed by atoms with Gasteiger partial charge in [0.25, 0.3) is 0 Å². The molecule has 1 rings (SSSR count). The van der Waals surface area contributed by atoms with E-state index in [2.05, 4.69) is 51.9 Å². The van der Waals surface area contributed by atoms with Crippen LogP contribution in [0.4, 0.5) is 0 Å². The minimum absolute atomic E-state index is 0.365. The molecule has 0 bridgehead atoms. The number of likely N-dealkylation sites (tertiary alicyclic amines) is 1. The quantitative estimate of drug-likeness (QED) is 0.812. The zero-order chi connectivity index (χ0) is 13.1. The monoisotopic (exact) mass is 240 g/mol. The minimum Gasteiger partial charge on any atom is -0.316 e. The lowest BCUT2D eigenvalue weighted by Crippen LogP contribution is -2.44. The lowest BCUT2D eigenvalue weighted by Gasteiger charge is -2.37. The van der Waals surface area contributed by atoms with E-state index < -0.39 is 0 Å². The Kier molecular flexibility index (Phi) is 5.46. The number of hydrogen-bond acceptors (Lipinski definition) is 2. The van der Waals surface area contributed by atoms with Crippen LogP contribution in [0.3, 0.4) is 0 Å². The van der Waals surface area contributed by atoms with Crippen molar-refractivity contribution in [2.75, 3.05) is 26.7 Å². The van der Waals surface area contributed by atoms with E-state index in [0.29, 0.717) is 11.5 Å². The highest BCUT2D eigenvalue weighted by Gasteiger charge is 2.26. The normalized spacial score (nSPS) is 29.3. The Morgan fingerprint density at radius 1 is 1.24 bits per heavy atom. The second-order valence-corrected chi connectivity index (χ2v) is 7.04. The van der Waals surface area contributed by atoms with Gasteiger partial charge in [-0.15, -0.1) is 0 Å². The number of nitrogens with one attached hydrogen (secondary N) is 1. The highest BCUT2D eigenvalue weighted by atomic mass is 15.1. The van der Waals surface area contributed by atoms with Crippen molar-refractivity contribution in [2.24, 2.45) is 17.3 Å². The van der Waals surface area contributed by atoms with Gasteiger partial charge in [0.15, 0.2) is 0 Å². The Morgan fingerprint density at radius 3 is 2.35 bits per heavy atom. The van der Waals surface area contributed by atoms with Crippen molar-refractivity contribution in [3.63, 3.8) is 0 Å². The average Bonchev–Trinajstić information content (AvgIpc) is 2.22. The fourth-order valence-corrected chi connectivity index (χ4v) is 2.87. The van der Waals surface area contributed by atoms with E-state index in [4.69, 9.17) is 0 Å². The summed E-state index contributed by atoms with van der Waals surface area (Å²) < 4.78 is 0. The van der Waals surface area contributed by atoms with Gasteiger partial charge in [-0.05, 0) is 50.2 Å². The highest BCUT2D eigenvalue weighted by molar-refractivity contribution is 4.82. The van der Waals surface area contributed by atoms with E-state index >= 15 is 0 Å². The van der Waals surface area contributed by atoms with Crippen LogP contribution < -0.4 is 5.32 Å². The van der Waals surface area contributed by atoms with Crippen LogP contribution in [0.5, 0.6) is 0 Å². The number of piperidine rings is 1. The first kappa shape index (κ1) is 15.0. The summed E-state index contributed by atoms with van der Waals surface area (Å²) in [6.07, 6.45) is 2.64. The molecule has 1 aliphatic heterocycles. The predicted octanol–water partition coefficient (Wildman–Crippen LogP) is 2.99. The Hall–Kier alpha value is -0.0800. The second-order valence-electron chi connectivity index (χ2n) is 7.04. The largest absolute Gasteiger partial charge is 0.316 e. The molecule has 0 aromatic carbocycles. The molecule has 3 atom stereocenters. The number of rotatable bonds is 4. The van der Waals surface area contributed by atoms with Crippen LogP contribution in [0.1, 0.15) is 47.5 Å². The van der Waals surface area contributed by atoms with Crippen molar-refractivity contribution < 1.29 is 0 Å². The highest BCUT2D eigenvalue weighted by Crippen LogP contribution is 2.25. The van der Waals surface area contributed by atoms with E-state index in [1.54, 1.807) is 0 Å². The van der Waals surface area contributed by atoms with Crippen LogP contribution in [-0.4, -0.2) is 37.6 Å². The van der Waals surface area contributed by atoms with Gasteiger partial charge in [-0.2, -0.15) is 0 Å². The number of nitrogens with zero attached hydrogens (tertiary/aromatic N) is 1. The van der Waals surface area contributed by atoms with Crippen LogP contribution in [0, 0.1) is 17.3 Å². The van der Waals surface area contributed by atoms with Gasteiger partial charge in [0, 0.05) is 12.6 Å². The van der Waals surface area contributed by atoms with Crippen molar-refractivity contribution in [1.29, 1.82) is 0 Å². The molecule has 102 valence electrons. The molecule has 1 aliphatic rings. The molecule has 0 saturated carbocycles. The molecule has 1 N–H and O–H groups in total. The Balaban J connectivity index is 2.35. The van der Waals surface area contributed by atoms with Crippen molar-refractivity contribution in [2.45, 2.75) is 53.5 Å². The molecule has 2 heteroatoms. The van der Waals surface area contributed by atoms with Gasteiger partial charge in [0.05, 0.1) is 0 Å². The third-order valence-electron chi connectivity index (χ3n) is 4.55. The van der Waals surface area contributed by atoms with Crippen molar-refractivity contribution >= 4 is 0 Å². The molecule has 1 saturated heterocycles. The molecule has 0 amide bonds. The molecular weight excluding hydrogens is 208 g/mol. The van der Waals surface area contributed by atoms with E-state index in [9.17, 15) is 0 Å². The maximum absolute atomic E-state index is 3.47. The summed E-state index contributed by atoms with van der Waals surface area (Å²) in [4.78, 5) is 2.65. The van der Waals surface area contributed by atoms with E-state index in [1.165, 1.54) is 32.5 Å². The van der Waals surface area contributed by atoms with Crippen LogP contribution in [0.15, 0.2) is 0 Å². The minimum atomic E-state index is 0.365. The Morgan fingerprint density at radius 2 is 1.88 bits per heavy atom. The summed E-state index contributed by atoms with van der Waals surface area (Å²) in [5.74, 6) is 1.78. The van der Waals surface area contributed by atoms with Gasteiger partial charge in [-0.25, -0.2) is 0 Å². The third-order valence-corrected chi connectivity index (χ3v) is 4.55. The Labute approximate surface area is 108 Å². The molecule has 0 radical (unpaired) electrons. The average molecular weight is 240 g/mol. The molecule has 1 heterocycles. The smallest absolute Gasteiger partial charge is 0.0125 e. The van der Waals surface area contributed by atoms with Crippen molar-refractivity contribution in [1.82, 2.24) is 10.2 Å². The predicted molar refractivity (Wildman–Crippen MR) is 76.3 cm³/mol. The molecule has 0 aromatic heterocycles. The lowest BCUT2D eigenvalue weighted by atomic mass is 9.84. The third kappa shape index (κ3) is 4.59. The zero-order valence-corrected chi connectivity index (χ0v) is 12.7. The van der Waals surface area contributed by atoms with Crippen LogP contribution in [0.25, 0.3) is 0 Å². The van der Waals surface area contributed by atoms with Gasteiger partial charge in [0.1, 0.15) is 0 Å². The summed E-state index contributed by atoms with van der Waals surface area (Å²) in [5.41, 5.74) is 0.365. The fourth-order valence-electron chi connectivity index (χ4n) is 2.87. The first-order valence-electron chi connectivity index (χ1n) is 7.24. The first-order valence-corrected chi connectivity index (χ1v) is 7.24. The molecule has 1 fully saturated rings. The molecule has 3 unspecified atom stereocenters. The summed E-state index contributed by atoms with van der Waals surface area (Å²) in [5, 5.41) is 3.47. The maximum Gasteiger partial charge on any atom is 0.0125 e. The fraction of sp³-hybridized carbons (Fsp3) is 1.00. The van der Waals surface area contributed by atoms with E-state index in [1.807, 2.05) is 0 Å². The van der Waals surface area contributed by atoms with Crippen molar-refractivity contribution in [3.8, 4) is 0 Å². The van der Waals surface area contributed by atoms with E-state index in [0.717, 1.165) is 11.8 Å². The molecule has 0 aromatic rings. The summed E-state index contributed by atoms with van der Waals surface area (Å²) in [7, 11) is 2.09. The second kappa shape index (κ2) is 6.19. The Bertz CT molecular complexity index is 219. The van der Waals surface area contributed by atoms with Crippen molar-refractivity contribution in [3.05, 3.63) is 0 Å². The number of hydrogen-bond donors (Lipinski definition) is 1. The van der Waals surface area contributed by atoms with E-state index in [-0.39, 0.29) is 0 Å². The molecule has 0 aliphatic carbocycles. The molecule has 2 nitrogen and oxygen atoms in total. The first-order chi connectivity index (χ1) is 7.84. The summed E-state index contributed by atoms with van der Waals surface area (Å²) in [6, 6.07) is 0.622. The molecular formula is C15H32N2. The SMILES string of the molecule is CNC(CCN1CCC(C)C(C)C1)C(C)(C)C. The molecule has 17 heavy (non-hydrogen) atoms. The summed E-state index contributed by atoms with van der Waals surface area (Å²) in [6.45, 7) is 15.6. The lowest BCUT2D eigenvalue weighted by molar-refractivity contribution is 0.125. The van der Waals surface area contributed by atoms with Gasteiger partial charge in [0.2, 0.25) is 0 Å². The van der Waals surface area contributed by atoms with Gasteiger partial charge in [-0.1, -0.05) is 34.6 Å². The zero-order valence-electron chi connectivity index (χ0n) is 12.7. The van der Waals surface area contributed by atoms with Gasteiger partial charge >= 0.3 is 0 Å². The van der Waals surface area contributed by atoms with Gasteiger partial charge in [-0.3, -0.25) is 0 Å². The maximum atomic E-state index is 3.47. The standard InChI is InChI=1S/C15H32N2/c1-12-7-9-17(11-13(12)2)10-8-14(16-6)15(3,4)5/h12-14,16H,7-11H2,1-6H3. The molecule has 0 spiro atoms. The van der Waals surface area contributed by atoms with Crippen LogP contribution >= 0.6 is 0 Å².